The number of hydrogen-bond donors (Lipinski definition) is 0. The SMILES string of the molecule is CCC(CC)(CC)C(=O)CC(C)=O. The Morgan fingerprint density at radius 1 is 1.00 bits per heavy atom. The van der Waals surface area contributed by atoms with Gasteiger partial charge in [-0.3, -0.25) is 9.59 Å². The lowest BCUT2D eigenvalue weighted by atomic mass is 9.74. The van der Waals surface area contributed by atoms with E-state index in [0.29, 0.717) is 0 Å². The summed E-state index contributed by atoms with van der Waals surface area (Å²) in [4.78, 5) is 22.6. The van der Waals surface area contributed by atoms with Crippen molar-refractivity contribution in [3.8, 4) is 0 Å². The maximum Gasteiger partial charge on any atom is 0.146 e. The molecule has 0 aromatic heterocycles. The van der Waals surface area contributed by atoms with Crippen LogP contribution in [0.4, 0.5) is 0 Å². The second-order valence-electron chi connectivity index (χ2n) is 3.64. The molecule has 13 heavy (non-hydrogen) atoms. The standard InChI is InChI=1S/C11H20O2/c1-5-11(6-2,7-3)10(13)8-9(4)12/h5-8H2,1-4H3. The minimum atomic E-state index is -0.244. The number of hydrogen-bond acceptors (Lipinski definition) is 2. The lowest BCUT2D eigenvalue weighted by Crippen LogP contribution is -2.30. The topological polar surface area (TPSA) is 34.1 Å². The van der Waals surface area contributed by atoms with E-state index in [1.807, 2.05) is 20.8 Å². The zero-order valence-corrected chi connectivity index (χ0v) is 9.14. The summed E-state index contributed by atoms with van der Waals surface area (Å²) < 4.78 is 0. The molecule has 0 aromatic rings. The fourth-order valence-corrected chi connectivity index (χ4v) is 1.76. The molecule has 0 heterocycles. The Bertz CT molecular complexity index is 182. The van der Waals surface area contributed by atoms with Crippen molar-refractivity contribution in [2.24, 2.45) is 5.41 Å². The van der Waals surface area contributed by atoms with Crippen molar-refractivity contribution >= 4 is 11.6 Å². The van der Waals surface area contributed by atoms with Gasteiger partial charge in [0.05, 0.1) is 6.42 Å². The highest BCUT2D eigenvalue weighted by Gasteiger charge is 2.32. The zero-order chi connectivity index (χ0) is 10.5. The van der Waals surface area contributed by atoms with Crippen LogP contribution in [0.1, 0.15) is 53.4 Å². The Balaban J connectivity index is 4.53. The first-order valence-electron chi connectivity index (χ1n) is 5.05. The number of rotatable bonds is 6. The first-order valence-corrected chi connectivity index (χ1v) is 5.05. The Kier molecular flexibility index (Phi) is 4.89. The van der Waals surface area contributed by atoms with Crippen LogP contribution in [0.2, 0.25) is 0 Å². The second-order valence-corrected chi connectivity index (χ2v) is 3.64. The van der Waals surface area contributed by atoms with Crippen LogP contribution in [0.3, 0.4) is 0 Å². The van der Waals surface area contributed by atoms with E-state index in [1.165, 1.54) is 6.92 Å². The molecule has 0 spiro atoms. The average Bonchev–Trinajstić information content (AvgIpc) is 2.07. The molecule has 0 saturated heterocycles. The van der Waals surface area contributed by atoms with E-state index >= 15 is 0 Å². The summed E-state index contributed by atoms with van der Waals surface area (Å²) in [5.41, 5.74) is -0.244. The Morgan fingerprint density at radius 2 is 1.38 bits per heavy atom. The molecule has 0 bridgehead atoms. The Hall–Kier alpha value is -0.660. The van der Waals surface area contributed by atoms with Gasteiger partial charge in [-0.2, -0.15) is 0 Å². The van der Waals surface area contributed by atoms with Crippen molar-refractivity contribution < 1.29 is 9.59 Å². The van der Waals surface area contributed by atoms with Gasteiger partial charge < -0.3 is 0 Å². The van der Waals surface area contributed by atoms with Crippen molar-refractivity contribution in [2.45, 2.75) is 53.4 Å². The highest BCUT2D eigenvalue weighted by atomic mass is 16.1. The molecule has 0 saturated carbocycles. The van der Waals surface area contributed by atoms with Gasteiger partial charge in [-0.1, -0.05) is 20.8 Å². The molecule has 0 unspecified atom stereocenters. The second kappa shape index (κ2) is 5.15. The van der Waals surface area contributed by atoms with Gasteiger partial charge in [0.25, 0.3) is 0 Å². The van der Waals surface area contributed by atoms with Gasteiger partial charge >= 0.3 is 0 Å². The van der Waals surface area contributed by atoms with Crippen molar-refractivity contribution in [1.82, 2.24) is 0 Å². The molecule has 0 aliphatic heterocycles. The van der Waals surface area contributed by atoms with E-state index in [-0.39, 0.29) is 23.4 Å². The largest absolute Gasteiger partial charge is 0.300 e. The third-order valence-electron chi connectivity index (χ3n) is 3.03. The number of carbonyl (C=O) groups is 2. The molecule has 2 heteroatoms. The Labute approximate surface area is 80.7 Å². The minimum absolute atomic E-state index is 0.0234. The van der Waals surface area contributed by atoms with Crippen LogP contribution in [0.25, 0.3) is 0 Å². The monoisotopic (exact) mass is 184 g/mol. The van der Waals surface area contributed by atoms with Crippen molar-refractivity contribution in [3.63, 3.8) is 0 Å². The molecule has 0 aliphatic rings. The molecular formula is C11H20O2. The van der Waals surface area contributed by atoms with Crippen LogP contribution < -0.4 is 0 Å². The number of carbonyl (C=O) groups excluding carboxylic acids is 2. The molecule has 0 rings (SSSR count). The maximum atomic E-state index is 11.7. The molecule has 0 aliphatic carbocycles. The van der Waals surface area contributed by atoms with Crippen LogP contribution in [0, 0.1) is 5.41 Å². The molecule has 2 nitrogen and oxygen atoms in total. The van der Waals surface area contributed by atoms with Gasteiger partial charge in [0.15, 0.2) is 0 Å². The molecule has 0 radical (unpaired) electrons. The molecule has 0 aromatic carbocycles. The number of ketones is 2. The van der Waals surface area contributed by atoms with Crippen LogP contribution in [-0.2, 0) is 9.59 Å². The summed E-state index contributed by atoms with van der Waals surface area (Å²) >= 11 is 0. The molecule has 0 N–H and O–H groups in total. The van der Waals surface area contributed by atoms with Gasteiger partial charge in [-0.25, -0.2) is 0 Å². The van der Waals surface area contributed by atoms with E-state index in [2.05, 4.69) is 0 Å². The van der Waals surface area contributed by atoms with Gasteiger partial charge in [-0.05, 0) is 26.2 Å². The summed E-state index contributed by atoms with van der Waals surface area (Å²) in [6.45, 7) is 7.53. The van der Waals surface area contributed by atoms with E-state index in [9.17, 15) is 9.59 Å². The van der Waals surface area contributed by atoms with Gasteiger partial charge in [-0.15, -0.1) is 0 Å². The van der Waals surface area contributed by atoms with E-state index in [0.717, 1.165) is 19.3 Å². The summed E-state index contributed by atoms with van der Waals surface area (Å²) in [5, 5.41) is 0. The highest BCUT2D eigenvalue weighted by molar-refractivity contribution is 6.00. The van der Waals surface area contributed by atoms with Crippen LogP contribution >= 0.6 is 0 Å². The maximum absolute atomic E-state index is 11.7. The fraction of sp³-hybridized carbons (Fsp3) is 0.818. The van der Waals surface area contributed by atoms with Crippen LogP contribution in [-0.4, -0.2) is 11.6 Å². The van der Waals surface area contributed by atoms with Gasteiger partial charge in [0.1, 0.15) is 11.6 Å². The highest BCUT2D eigenvalue weighted by Crippen LogP contribution is 2.32. The van der Waals surface area contributed by atoms with Crippen LogP contribution in [0.5, 0.6) is 0 Å². The van der Waals surface area contributed by atoms with Crippen molar-refractivity contribution in [3.05, 3.63) is 0 Å². The normalized spacial score (nSPS) is 11.4. The summed E-state index contributed by atoms with van der Waals surface area (Å²) in [6.07, 6.45) is 2.62. The van der Waals surface area contributed by atoms with E-state index in [1.54, 1.807) is 0 Å². The van der Waals surface area contributed by atoms with E-state index < -0.39 is 0 Å². The lowest BCUT2D eigenvalue weighted by Gasteiger charge is -2.28. The minimum Gasteiger partial charge on any atom is -0.300 e. The quantitative estimate of drug-likeness (QED) is 0.595. The van der Waals surface area contributed by atoms with Crippen molar-refractivity contribution in [1.29, 1.82) is 0 Å². The summed E-state index contributed by atoms with van der Waals surface area (Å²) in [5.74, 6) is 0.0947. The van der Waals surface area contributed by atoms with Gasteiger partial charge in [0.2, 0.25) is 0 Å². The van der Waals surface area contributed by atoms with Crippen molar-refractivity contribution in [2.75, 3.05) is 0 Å². The molecular weight excluding hydrogens is 164 g/mol. The van der Waals surface area contributed by atoms with Crippen LogP contribution in [0.15, 0.2) is 0 Å². The lowest BCUT2D eigenvalue weighted by molar-refractivity contribution is -0.133. The van der Waals surface area contributed by atoms with Gasteiger partial charge in [0, 0.05) is 5.41 Å². The predicted octanol–water partition coefficient (Wildman–Crippen LogP) is 2.75. The Morgan fingerprint density at radius 3 is 1.62 bits per heavy atom. The summed E-state index contributed by atoms with van der Waals surface area (Å²) in [6, 6.07) is 0. The predicted molar refractivity (Wildman–Crippen MR) is 53.6 cm³/mol. The molecule has 76 valence electrons. The van der Waals surface area contributed by atoms with E-state index in [4.69, 9.17) is 0 Å². The smallest absolute Gasteiger partial charge is 0.146 e. The molecule has 0 amide bonds. The first kappa shape index (κ1) is 12.3. The summed E-state index contributed by atoms with van der Waals surface area (Å²) in [7, 11) is 0. The molecule has 0 fully saturated rings. The average molecular weight is 184 g/mol. The first-order chi connectivity index (χ1) is 6.02. The number of Topliss-reactive ketones (excluding diaryl/α,β-unsaturated/α-hetero) is 2. The third kappa shape index (κ3) is 2.94. The zero-order valence-electron chi connectivity index (χ0n) is 9.14. The third-order valence-corrected chi connectivity index (χ3v) is 3.03. The fourth-order valence-electron chi connectivity index (χ4n) is 1.76. The molecule has 0 atom stereocenters.